The van der Waals surface area contributed by atoms with Gasteiger partial charge in [0.15, 0.2) is 0 Å². The van der Waals surface area contributed by atoms with Crippen molar-refractivity contribution >= 4 is 0 Å². The van der Waals surface area contributed by atoms with Crippen LogP contribution in [0.3, 0.4) is 0 Å². The molecule has 0 aromatic rings. The van der Waals surface area contributed by atoms with Crippen molar-refractivity contribution in [2.75, 3.05) is 33.2 Å². The van der Waals surface area contributed by atoms with Gasteiger partial charge in [-0.25, -0.2) is 0 Å². The topological polar surface area (TPSA) is 32.5 Å². The van der Waals surface area contributed by atoms with Crippen molar-refractivity contribution < 1.29 is 0 Å². The van der Waals surface area contributed by atoms with Crippen molar-refractivity contribution in [3.8, 4) is 0 Å². The second-order valence-electron chi connectivity index (χ2n) is 4.26. The molecule has 0 bridgehead atoms. The van der Waals surface area contributed by atoms with E-state index in [1.807, 2.05) is 6.08 Å². The summed E-state index contributed by atoms with van der Waals surface area (Å²) in [6, 6.07) is 1.25. The van der Waals surface area contributed by atoms with Crippen LogP contribution in [0.5, 0.6) is 0 Å². The fourth-order valence-corrected chi connectivity index (χ4v) is 2.20. The van der Waals surface area contributed by atoms with Gasteiger partial charge in [0, 0.05) is 31.7 Å². The Morgan fingerprint density at radius 3 is 2.79 bits per heavy atom. The van der Waals surface area contributed by atoms with Gasteiger partial charge in [0.2, 0.25) is 0 Å². The van der Waals surface area contributed by atoms with Gasteiger partial charge in [-0.2, -0.15) is 0 Å². The molecule has 2 N–H and O–H groups in total. The summed E-state index contributed by atoms with van der Waals surface area (Å²) in [5.74, 6) is 0. The van der Waals surface area contributed by atoms with Gasteiger partial charge in [-0.05, 0) is 26.9 Å². The monoisotopic (exact) mass is 197 g/mol. The number of hydrogen-bond acceptors (Lipinski definition) is 3. The molecule has 2 atom stereocenters. The van der Waals surface area contributed by atoms with Crippen LogP contribution in [0.4, 0.5) is 0 Å². The van der Waals surface area contributed by atoms with Gasteiger partial charge in [-0.3, -0.25) is 4.90 Å². The standard InChI is InChI=1S/C11H23N3/c1-4-7-14-9-11(5-6-12)13(3)8-10(14)2/h4,10-11H,1,5-9,12H2,2-3H3. The summed E-state index contributed by atoms with van der Waals surface area (Å²) in [6.07, 6.45) is 3.08. The SMILES string of the molecule is C=CCN1CC(CCN)N(C)CC1C. The number of rotatable bonds is 4. The van der Waals surface area contributed by atoms with Crippen LogP contribution >= 0.6 is 0 Å². The summed E-state index contributed by atoms with van der Waals surface area (Å²) >= 11 is 0. The molecular weight excluding hydrogens is 174 g/mol. The molecule has 1 aliphatic rings. The molecule has 82 valence electrons. The zero-order valence-corrected chi connectivity index (χ0v) is 9.45. The van der Waals surface area contributed by atoms with Crippen molar-refractivity contribution in [1.29, 1.82) is 0 Å². The summed E-state index contributed by atoms with van der Waals surface area (Å²) in [7, 11) is 2.20. The van der Waals surface area contributed by atoms with Crippen LogP contribution in [0.15, 0.2) is 12.7 Å². The van der Waals surface area contributed by atoms with Crippen LogP contribution in [0.2, 0.25) is 0 Å². The highest BCUT2D eigenvalue weighted by molar-refractivity contribution is 4.88. The molecule has 3 heteroatoms. The van der Waals surface area contributed by atoms with Crippen molar-refractivity contribution in [2.24, 2.45) is 5.73 Å². The van der Waals surface area contributed by atoms with Crippen LogP contribution < -0.4 is 5.73 Å². The lowest BCUT2D eigenvalue weighted by molar-refractivity contribution is 0.0580. The van der Waals surface area contributed by atoms with Crippen LogP contribution in [-0.2, 0) is 0 Å². The fourth-order valence-electron chi connectivity index (χ4n) is 2.20. The smallest absolute Gasteiger partial charge is 0.0233 e. The van der Waals surface area contributed by atoms with E-state index < -0.39 is 0 Å². The Morgan fingerprint density at radius 2 is 2.21 bits per heavy atom. The average molecular weight is 197 g/mol. The minimum Gasteiger partial charge on any atom is -0.330 e. The molecule has 1 aliphatic heterocycles. The number of piperazine rings is 1. The third-order valence-electron chi connectivity index (χ3n) is 3.11. The van der Waals surface area contributed by atoms with Gasteiger partial charge in [0.1, 0.15) is 0 Å². The Kier molecular flexibility index (Phi) is 4.58. The largest absolute Gasteiger partial charge is 0.330 e. The van der Waals surface area contributed by atoms with Gasteiger partial charge in [-0.15, -0.1) is 6.58 Å². The maximum atomic E-state index is 5.61. The number of nitrogens with two attached hydrogens (primary N) is 1. The van der Waals surface area contributed by atoms with E-state index in [0.29, 0.717) is 12.1 Å². The van der Waals surface area contributed by atoms with Gasteiger partial charge in [-0.1, -0.05) is 6.08 Å². The second-order valence-corrected chi connectivity index (χ2v) is 4.26. The van der Waals surface area contributed by atoms with E-state index in [0.717, 1.165) is 32.6 Å². The molecule has 0 aromatic carbocycles. The molecule has 1 fully saturated rings. The fraction of sp³-hybridized carbons (Fsp3) is 0.818. The maximum Gasteiger partial charge on any atom is 0.0233 e. The van der Waals surface area contributed by atoms with Gasteiger partial charge >= 0.3 is 0 Å². The Morgan fingerprint density at radius 1 is 1.50 bits per heavy atom. The van der Waals surface area contributed by atoms with E-state index in [1.165, 1.54) is 0 Å². The normalized spacial score (nSPS) is 30.5. The minimum atomic E-state index is 0.621. The Labute approximate surface area is 87.6 Å². The lowest BCUT2D eigenvalue weighted by atomic mass is 10.1. The molecule has 3 nitrogen and oxygen atoms in total. The van der Waals surface area contributed by atoms with E-state index in [2.05, 4.69) is 30.4 Å². The van der Waals surface area contributed by atoms with Gasteiger partial charge in [0.05, 0.1) is 0 Å². The summed E-state index contributed by atoms with van der Waals surface area (Å²) in [5, 5.41) is 0. The third-order valence-corrected chi connectivity index (χ3v) is 3.11. The summed E-state index contributed by atoms with van der Waals surface area (Å²) < 4.78 is 0. The quantitative estimate of drug-likeness (QED) is 0.667. The zero-order valence-electron chi connectivity index (χ0n) is 9.45. The van der Waals surface area contributed by atoms with Crippen LogP contribution in [0.25, 0.3) is 0 Å². The number of hydrogen-bond donors (Lipinski definition) is 1. The molecule has 0 saturated carbocycles. The molecule has 0 aromatic heterocycles. The number of nitrogens with zero attached hydrogens (tertiary/aromatic N) is 2. The minimum absolute atomic E-state index is 0.621. The molecule has 1 heterocycles. The first-order valence-electron chi connectivity index (χ1n) is 5.44. The zero-order chi connectivity index (χ0) is 10.6. The second kappa shape index (κ2) is 5.49. The molecule has 0 amide bonds. The highest BCUT2D eigenvalue weighted by Crippen LogP contribution is 2.15. The van der Waals surface area contributed by atoms with Crippen LogP contribution in [0.1, 0.15) is 13.3 Å². The van der Waals surface area contributed by atoms with Crippen molar-refractivity contribution in [3.05, 3.63) is 12.7 Å². The molecule has 0 spiro atoms. The van der Waals surface area contributed by atoms with Crippen molar-refractivity contribution in [1.82, 2.24) is 9.80 Å². The molecule has 1 saturated heterocycles. The molecule has 0 radical (unpaired) electrons. The summed E-state index contributed by atoms with van der Waals surface area (Å²) in [5.41, 5.74) is 5.61. The van der Waals surface area contributed by atoms with Crippen LogP contribution in [-0.4, -0.2) is 55.1 Å². The van der Waals surface area contributed by atoms with Crippen LogP contribution in [0, 0.1) is 0 Å². The lowest BCUT2D eigenvalue weighted by Gasteiger charge is -2.43. The summed E-state index contributed by atoms with van der Waals surface area (Å²) in [4.78, 5) is 4.91. The maximum absolute atomic E-state index is 5.61. The molecule has 1 rings (SSSR count). The van der Waals surface area contributed by atoms with E-state index in [1.54, 1.807) is 0 Å². The molecule has 0 aliphatic carbocycles. The first-order valence-corrected chi connectivity index (χ1v) is 5.44. The molecule has 14 heavy (non-hydrogen) atoms. The highest BCUT2D eigenvalue weighted by atomic mass is 15.3. The third kappa shape index (κ3) is 2.80. The summed E-state index contributed by atoms with van der Waals surface area (Å²) in [6.45, 7) is 10.1. The Hall–Kier alpha value is -0.380. The number of likely N-dealkylation sites (N-methyl/N-ethyl adjacent to an activating group) is 1. The lowest BCUT2D eigenvalue weighted by Crippen LogP contribution is -2.56. The highest BCUT2D eigenvalue weighted by Gasteiger charge is 2.27. The van der Waals surface area contributed by atoms with Crippen molar-refractivity contribution in [2.45, 2.75) is 25.4 Å². The predicted molar refractivity (Wildman–Crippen MR) is 61.3 cm³/mol. The first kappa shape index (κ1) is 11.7. The molecular formula is C11H23N3. The van der Waals surface area contributed by atoms with Gasteiger partial charge < -0.3 is 10.6 Å². The van der Waals surface area contributed by atoms with Crippen molar-refractivity contribution in [3.63, 3.8) is 0 Å². The Bertz CT molecular complexity index is 181. The van der Waals surface area contributed by atoms with Gasteiger partial charge in [0.25, 0.3) is 0 Å². The van der Waals surface area contributed by atoms with E-state index in [4.69, 9.17) is 5.73 Å². The van der Waals surface area contributed by atoms with E-state index >= 15 is 0 Å². The Balaban J connectivity index is 2.50. The first-order chi connectivity index (χ1) is 6.69. The molecule has 2 unspecified atom stereocenters. The average Bonchev–Trinajstić information content (AvgIpc) is 2.14. The van der Waals surface area contributed by atoms with E-state index in [9.17, 15) is 0 Å². The van der Waals surface area contributed by atoms with E-state index in [-0.39, 0.29) is 0 Å². The predicted octanol–water partition coefficient (Wildman–Crippen LogP) is 0.526.